The number of imide groups is 2. The molecule has 1 N–H and O–H groups in total. The Morgan fingerprint density at radius 2 is 1.86 bits per heavy atom. The van der Waals surface area contributed by atoms with Crippen LogP contribution in [0.5, 0.6) is 0 Å². The standard InChI is InChI=1S/C26H24FN3O5S/c1-6-35-25(33)21-14(3)16(5)36-24(21)29-13(2)10-17(15(29)4)11-20-22(31)28-26(34)30(23(20)32)19-9-7-8-18(27)12-19/h7-12H,6H2,1-5H3,(H,28,31,34). The number of carbonyl (C=O) groups is 4. The highest BCUT2D eigenvalue weighted by atomic mass is 32.1. The predicted molar refractivity (Wildman–Crippen MR) is 134 cm³/mol. The van der Waals surface area contributed by atoms with Gasteiger partial charge in [-0.25, -0.2) is 18.9 Å². The number of aryl methyl sites for hydroxylation is 2. The summed E-state index contributed by atoms with van der Waals surface area (Å²) in [7, 11) is 0. The van der Waals surface area contributed by atoms with Gasteiger partial charge in [-0.3, -0.25) is 14.9 Å². The van der Waals surface area contributed by atoms with Gasteiger partial charge in [0, 0.05) is 16.3 Å². The molecule has 0 bridgehead atoms. The molecular formula is C26H24FN3O5S. The molecule has 10 heteroatoms. The number of hydrogen-bond donors (Lipinski definition) is 1. The topological polar surface area (TPSA) is 97.7 Å². The van der Waals surface area contributed by atoms with Gasteiger partial charge < -0.3 is 9.30 Å². The minimum absolute atomic E-state index is 0.00462. The summed E-state index contributed by atoms with van der Waals surface area (Å²) in [6.07, 6.45) is 1.40. The van der Waals surface area contributed by atoms with E-state index in [2.05, 4.69) is 5.32 Å². The summed E-state index contributed by atoms with van der Waals surface area (Å²) in [6, 6.07) is 5.82. The number of aromatic nitrogens is 1. The van der Waals surface area contributed by atoms with Gasteiger partial charge in [0.2, 0.25) is 0 Å². The number of hydrogen-bond acceptors (Lipinski definition) is 6. The maximum absolute atomic E-state index is 13.7. The molecule has 1 aliphatic rings. The first-order valence-electron chi connectivity index (χ1n) is 11.2. The van der Waals surface area contributed by atoms with Crippen LogP contribution < -0.4 is 10.2 Å². The smallest absolute Gasteiger partial charge is 0.341 e. The summed E-state index contributed by atoms with van der Waals surface area (Å²) in [6.45, 7) is 9.42. The molecule has 2 aromatic heterocycles. The maximum Gasteiger partial charge on any atom is 0.341 e. The third-order valence-electron chi connectivity index (χ3n) is 5.99. The van der Waals surface area contributed by atoms with Crippen molar-refractivity contribution < 1.29 is 28.3 Å². The van der Waals surface area contributed by atoms with Gasteiger partial charge in [0.15, 0.2) is 0 Å². The van der Waals surface area contributed by atoms with Crippen LogP contribution in [0.2, 0.25) is 0 Å². The fourth-order valence-electron chi connectivity index (χ4n) is 4.12. The molecule has 1 saturated heterocycles. The summed E-state index contributed by atoms with van der Waals surface area (Å²) in [5.41, 5.74) is 3.03. The van der Waals surface area contributed by atoms with E-state index in [0.717, 1.165) is 27.1 Å². The van der Waals surface area contributed by atoms with Crippen LogP contribution in [0.4, 0.5) is 14.9 Å². The molecule has 186 valence electrons. The Hall–Kier alpha value is -4.05. The lowest BCUT2D eigenvalue weighted by molar-refractivity contribution is -0.122. The minimum atomic E-state index is -0.957. The number of nitrogens with zero attached hydrogens (tertiary/aromatic N) is 2. The molecule has 0 aliphatic carbocycles. The third kappa shape index (κ3) is 4.24. The molecule has 0 atom stereocenters. The van der Waals surface area contributed by atoms with Crippen LogP contribution >= 0.6 is 11.3 Å². The molecule has 3 heterocycles. The number of esters is 1. The van der Waals surface area contributed by atoms with Crippen molar-refractivity contribution in [3.8, 4) is 5.00 Å². The second-order valence-corrected chi connectivity index (χ2v) is 9.49. The van der Waals surface area contributed by atoms with Gasteiger partial charge in [0.25, 0.3) is 11.8 Å². The highest BCUT2D eigenvalue weighted by molar-refractivity contribution is 7.15. The summed E-state index contributed by atoms with van der Waals surface area (Å²) in [5.74, 6) is -2.77. The number of amides is 4. The van der Waals surface area contributed by atoms with Crippen LogP contribution in [0.1, 0.15) is 44.7 Å². The molecule has 1 fully saturated rings. The molecule has 4 rings (SSSR count). The molecule has 8 nitrogen and oxygen atoms in total. The number of benzene rings is 1. The maximum atomic E-state index is 13.7. The average Bonchev–Trinajstić information content (AvgIpc) is 3.25. The number of thiophene rings is 1. The highest BCUT2D eigenvalue weighted by Crippen LogP contribution is 2.35. The van der Waals surface area contributed by atoms with Crippen LogP contribution in [0, 0.1) is 33.5 Å². The molecule has 36 heavy (non-hydrogen) atoms. The van der Waals surface area contributed by atoms with Gasteiger partial charge in [-0.2, -0.15) is 0 Å². The summed E-state index contributed by atoms with van der Waals surface area (Å²) in [5, 5.41) is 2.82. The van der Waals surface area contributed by atoms with E-state index in [9.17, 15) is 23.6 Å². The number of rotatable bonds is 5. The van der Waals surface area contributed by atoms with E-state index in [1.807, 2.05) is 25.3 Å². The average molecular weight is 510 g/mol. The molecule has 4 amide bonds. The van der Waals surface area contributed by atoms with Crippen LogP contribution in [-0.4, -0.2) is 35.0 Å². The number of barbiturate groups is 1. The van der Waals surface area contributed by atoms with Crippen LogP contribution in [0.25, 0.3) is 11.1 Å². The second-order valence-electron chi connectivity index (χ2n) is 8.28. The van der Waals surface area contributed by atoms with Gasteiger partial charge in [0.1, 0.15) is 16.4 Å². The second kappa shape index (κ2) is 9.54. The van der Waals surface area contributed by atoms with Crippen molar-refractivity contribution in [1.29, 1.82) is 0 Å². The fraction of sp³-hybridized carbons (Fsp3) is 0.231. The SMILES string of the molecule is CCOC(=O)c1c(-n2c(C)cc(C=C3C(=O)NC(=O)N(c4cccc(F)c4)C3=O)c2C)sc(C)c1C. The van der Waals surface area contributed by atoms with Crippen molar-refractivity contribution >= 4 is 46.9 Å². The summed E-state index contributed by atoms with van der Waals surface area (Å²) >= 11 is 1.44. The number of ether oxygens (including phenoxy) is 1. The molecule has 0 spiro atoms. The Balaban J connectivity index is 1.80. The number of anilines is 1. The van der Waals surface area contributed by atoms with Gasteiger partial charge in [0.05, 0.1) is 17.9 Å². The first-order valence-corrected chi connectivity index (χ1v) is 12.0. The zero-order valence-corrected chi connectivity index (χ0v) is 21.2. The molecule has 1 aliphatic heterocycles. The van der Waals surface area contributed by atoms with E-state index in [1.54, 1.807) is 19.9 Å². The zero-order chi connectivity index (χ0) is 26.3. The van der Waals surface area contributed by atoms with Crippen LogP contribution in [0.3, 0.4) is 0 Å². The van der Waals surface area contributed by atoms with E-state index >= 15 is 0 Å². The van der Waals surface area contributed by atoms with E-state index in [1.165, 1.54) is 35.6 Å². The largest absolute Gasteiger partial charge is 0.462 e. The van der Waals surface area contributed by atoms with Crippen molar-refractivity contribution in [3.63, 3.8) is 0 Å². The van der Waals surface area contributed by atoms with Gasteiger partial charge in [-0.05, 0) is 76.1 Å². The van der Waals surface area contributed by atoms with Crippen molar-refractivity contribution in [2.75, 3.05) is 11.5 Å². The third-order valence-corrected chi connectivity index (χ3v) is 7.18. The Labute approximate surface area is 211 Å². The van der Waals surface area contributed by atoms with Crippen molar-refractivity contribution in [2.45, 2.75) is 34.6 Å². The Bertz CT molecular complexity index is 1470. The van der Waals surface area contributed by atoms with Crippen LogP contribution in [-0.2, 0) is 14.3 Å². The van der Waals surface area contributed by atoms with Crippen LogP contribution in [0.15, 0.2) is 35.9 Å². The lowest BCUT2D eigenvalue weighted by Crippen LogP contribution is -2.54. The summed E-state index contributed by atoms with van der Waals surface area (Å²) in [4.78, 5) is 52.6. The lowest BCUT2D eigenvalue weighted by atomic mass is 10.1. The fourth-order valence-corrected chi connectivity index (χ4v) is 5.37. The number of carbonyl (C=O) groups excluding carboxylic acids is 4. The zero-order valence-electron chi connectivity index (χ0n) is 20.4. The van der Waals surface area contributed by atoms with E-state index in [4.69, 9.17) is 4.74 Å². The summed E-state index contributed by atoms with van der Waals surface area (Å²) < 4.78 is 20.9. The molecule has 0 radical (unpaired) electrons. The first kappa shape index (κ1) is 25.1. The molecule has 3 aromatic rings. The number of halogens is 1. The minimum Gasteiger partial charge on any atom is -0.462 e. The predicted octanol–water partition coefficient (Wildman–Crippen LogP) is 4.75. The highest BCUT2D eigenvalue weighted by Gasteiger charge is 2.37. The molecule has 0 saturated carbocycles. The monoisotopic (exact) mass is 509 g/mol. The van der Waals surface area contributed by atoms with E-state index < -0.39 is 29.6 Å². The first-order chi connectivity index (χ1) is 17.0. The Kier molecular flexibility index (Phi) is 6.64. The normalized spacial score (nSPS) is 15.0. The number of urea groups is 1. The van der Waals surface area contributed by atoms with E-state index in [0.29, 0.717) is 21.8 Å². The Morgan fingerprint density at radius 3 is 2.53 bits per heavy atom. The molecule has 1 aromatic carbocycles. The Morgan fingerprint density at radius 1 is 1.14 bits per heavy atom. The number of nitrogens with one attached hydrogen (secondary N) is 1. The van der Waals surface area contributed by atoms with Crippen molar-refractivity contribution in [2.24, 2.45) is 0 Å². The van der Waals surface area contributed by atoms with Crippen molar-refractivity contribution in [3.05, 3.63) is 74.7 Å². The van der Waals surface area contributed by atoms with Crippen molar-refractivity contribution in [1.82, 2.24) is 9.88 Å². The molecule has 0 unspecified atom stereocenters. The van der Waals surface area contributed by atoms with Gasteiger partial charge >= 0.3 is 12.0 Å². The van der Waals surface area contributed by atoms with Gasteiger partial charge in [-0.15, -0.1) is 11.3 Å². The van der Waals surface area contributed by atoms with E-state index in [-0.39, 0.29) is 17.9 Å². The lowest BCUT2D eigenvalue weighted by Gasteiger charge is -2.26. The van der Waals surface area contributed by atoms with Gasteiger partial charge in [-0.1, -0.05) is 6.07 Å². The molecular weight excluding hydrogens is 485 g/mol. The quantitative estimate of drug-likeness (QED) is 0.304.